The standard InChI is InChI=1S/C11H21NO3/c1-3-5-9(6-4-2)10(13)15-11-12-7-8-14-11/h9,11-12H,3-8H2,1-2H3. The second-order valence-electron chi connectivity index (χ2n) is 3.87. The highest BCUT2D eigenvalue weighted by molar-refractivity contribution is 5.72. The summed E-state index contributed by atoms with van der Waals surface area (Å²) in [7, 11) is 0. The van der Waals surface area contributed by atoms with Crippen LogP contribution in [0.5, 0.6) is 0 Å². The van der Waals surface area contributed by atoms with Crippen LogP contribution in [0.15, 0.2) is 0 Å². The average molecular weight is 215 g/mol. The number of esters is 1. The number of carbonyl (C=O) groups excluding carboxylic acids is 1. The summed E-state index contributed by atoms with van der Waals surface area (Å²) in [5.74, 6) is -0.0934. The minimum Gasteiger partial charge on any atom is -0.421 e. The van der Waals surface area contributed by atoms with Crippen LogP contribution in [-0.2, 0) is 14.3 Å². The first-order valence-electron chi connectivity index (χ1n) is 5.83. The molecule has 0 amide bonds. The quantitative estimate of drug-likeness (QED) is 0.684. The van der Waals surface area contributed by atoms with Crippen molar-refractivity contribution in [2.45, 2.75) is 45.9 Å². The van der Waals surface area contributed by atoms with E-state index >= 15 is 0 Å². The molecule has 1 aliphatic rings. The molecular weight excluding hydrogens is 194 g/mol. The second kappa shape index (κ2) is 6.80. The Balaban J connectivity index is 2.33. The van der Waals surface area contributed by atoms with Crippen LogP contribution in [-0.4, -0.2) is 25.5 Å². The van der Waals surface area contributed by atoms with E-state index in [9.17, 15) is 4.79 Å². The Morgan fingerprint density at radius 2 is 2.13 bits per heavy atom. The molecule has 0 aromatic heterocycles. The Labute approximate surface area is 91.3 Å². The van der Waals surface area contributed by atoms with Crippen molar-refractivity contribution in [1.29, 1.82) is 0 Å². The van der Waals surface area contributed by atoms with Gasteiger partial charge in [0.05, 0.1) is 12.5 Å². The first kappa shape index (κ1) is 12.5. The maximum Gasteiger partial charge on any atom is 0.312 e. The van der Waals surface area contributed by atoms with Gasteiger partial charge in [-0.2, -0.15) is 0 Å². The summed E-state index contributed by atoms with van der Waals surface area (Å²) in [6.45, 7) is 5.54. The molecule has 0 bridgehead atoms. The number of nitrogens with one attached hydrogen (secondary N) is 1. The summed E-state index contributed by atoms with van der Waals surface area (Å²) < 4.78 is 10.4. The Morgan fingerprint density at radius 3 is 2.60 bits per heavy atom. The molecule has 4 heteroatoms. The fourth-order valence-corrected chi connectivity index (χ4v) is 1.76. The lowest BCUT2D eigenvalue weighted by molar-refractivity contribution is -0.178. The smallest absolute Gasteiger partial charge is 0.312 e. The topological polar surface area (TPSA) is 47.6 Å². The zero-order chi connectivity index (χ0) is 11.1. The van der Waals surface area contributed by atoms with Crippen LogP contribution in [0, 0.1) is 5.92 Å². The molecule has 1 fully saturated rings. The highest BCUT2D eigenvalue weighted by Gasteiger charge is 2.24. The van der Waals surface area contributed by atoms with E-state index in [1.54, 1.807) is 0 Å². The van der Waals surface area contributed by atoms with E-state index < -0.39 is 6.41 Å². The predicted octanol–water partition coefficient (Wildman–Crippen LogP) is 1.65. The van der Waals surface area contributed by atoms with Gasteiger partial charge in [0, 0.05) is 6.54 Å². The van der Waals surface area contributed by atoms with E-state index in [0.29, 0.717) is 6.61 Å². The lowest BCUT2D eigenvalue weighted by atomic mass is 9.99. The first-order valence-corrected chi connectivity index (χ1v) is 5.83. The van der Waals surface area contributed by atoms with Gasteiger partial charge in [-0.15, -0.1) is 0 Å². The van der Waals surface area contributed by atoms with Crippen molar-refractivity contribution in [1.82, 2.24) is 5.32 Å². The third-order valence-corrected chi connectivity index (χ3v) is 2.51. The number of carbonyl (C=O) groups is 1. The molecule has 4 nitrogen and oxygen atoms in total. The third-order valence-electron chi connectivity index (χ3n) is 2.51. The molecule has 0 aromatic carbocycles. The molecule has 1 rings (SSSR count). The van der Waals surface area contributed by atoms with Crippen molar-refractivity contribution in [3.8, 4) is 0 Å². The maximum atomic E-state index is 11.7. The van der Waals surface area contributed by atoms with E-state index in [1.165, 1.54) is 0 Å². The molecule has 0 aromatic rings. The summed E-state index contributed by atoms with van der Waals surface area (Å²) in [6.07, 6.45) is 3.31. The molecule has 0 saturated carbocycles. The highest BCUT2D eigenvalue weighted by atomic mass is 16.7. The molecule has 1 heterocycles. The van der Waals surface area contributed by atoms with Gasteiger partial charge >= 0.3 is 5.97 Å². The minimum absolute atomic E-state index is 0.0333. The van der Waals surface area contributed by atoms with Crippen molar-refractivity contribution >= 4 is 5.97 Å². The van der Waals surface area contributed by atoms with Crippen LogP contribution in [0.3, 0.4) is 0 Å². The maximum absolute atomic E-state index is 11.7. The number of rotatable bonds is 6. The molecule has 1 atom stereocenters. The largest absolute Gasteiger partial charge is 0.421 e. The third kappa shape index (κ3) is 4.18. The Morgan fingerprint density at radius 1 is 1.47 bits per heavy atom. The number of hydrogen-bond donors (Lipinski definition) is 1. The van der Waals surface area contributed by atoms with Crippen LogP contribution in [0.1, 0.15) is 39.5 Å². The Bertz CT molecular complexity index is 184. The van der Waals surface area contributed by atoms with E-state index in [2.05, 4.69) is 19.2 Å². The normalized spacial score (nSPS) is 20.9. The van der Waals surface area contributed by atoms with E-state index in [1.807, 2.05) is 0 Å². The summed E-state index contributed by atoms with van der Waals surface area (Å²) in [6, 6.07) is 0. The van der Waals surface area contributed by atoms with Crippen molar-refractivity contribution in [3.05, 3.63) is 0 Å². The van der Waals surface area contributed by atoms with Crippen LogP contribution < -0.4 is 5.32 Å². The predicted molar refractivity (Wildman–Crippen MR) is 57.1 cm³/mol. The highest BCUT2D eigenvalue weighted by Crippen LogP contribution is 2.16. The molecule has 0 radical (unpaired) electrons. The van der Waals surface area contributed by atoms with Gasteiger partial charge in [-0.25, -0.2) is 0 Å². The van der Waals surface area contributed by atoms with E-state index in [-0.39, 0.29) is 11.9 Å². The van der Waals surface area contributed by atoms with Crippen LogP contribution in [0.2, 0.25) is 0 Å². The summed E-state index contributed by atoms with van der Waals surface area (Å²) >= 11 is 0. The monoisotopic (exact) mass is 215 g/mol. The fourth-order valence-electron chi connectivity index (χ4n) is 1.76. The van der Waals surface area contributed by atoms with Gasteiger partial charge in [-0.1, -0.05) is 26.7 Å². The number of ether oxygens (including phenoxy) is 2. The van der Waals surface area contributed by atoms with Crippen molar-refractivity contribution in [3.63, 3.8) is 0 Å². The van der Waals surface area contributed by atoms with Crippen molar-refractivity contribution in [2.75, 3.05) is 13.2 Å². The fraction of sp³-hybridized carbons (Fsp3) is 0.909. The summed E-state index contributed by atoms with van der Waals surface area (Å²) in [4.78, 5) is 11.7. The number of hydrogen-bond acceptors (Lipinski definition) is 4. The van der Waals surface area contributed by atoms with Gasteiger partial charge in [0.15, 0.2) is 0 Å². The molecule has 15 heavy (non-hydrogen) atoms. The first-order chi connectivity index (χ1) is 7.27. The van der Waals surface area contributed by atoms with Gasteiger partial charge in [0.2, 0.25) is 0 Å². The lowest BCUT2D eigenvalue weighted by Gasteiger charge is -2.17. The summed E-state index contributed by atoms with van der Waals surface area (Å²) in [5, 5.41) is 2.96. The van der Waals surface area contributed by atoms with E-state index in [0.717, 1.165) is 32.2 Å². The molecule has 1 saturated heterocycles. The molecule has 0 spiro atoms. The van der Waals surface area contributed by atoms with Gasteiger partial charge < -0.3 is 9.47 Å². The van der Waals surface area contributed by atoms with Gasteiger partial charge in [0.25, 0.3) is 6.41 Å². The Hall–Kier alpha value is -0.610. The Kier molecular flexibility index (Phi) is 5.65. The molecule has 0 aliphatic carbocycles. The molecular formula is C11H21NO3. The molecule has 1 unspecified atom stereocenters. The zero-order valence-electron chi connectivity index (χ0n) is 9.62. The van der Waals surface area contributed by atoms with Gasteiger partial charge in [-0.3, -0.25) is 10.1 Å². The van der Waals surface area contributed by atoms with Gasteiger partial charge in [0.1, 0.15) is 0 Å². The molecule has 88 valence electrons. The molecule has 1 aliphatic heterocycles. The average Bonchev–Trinajstić information content (AvgIpc) is 2.70. The van der Waals surface area contributed by atoms with Crippen LogP contribution in [0.4, 0.5) is 0 Å². The van der Waals surface area contributed by atoms with E-state index in [4.69, 9.17) is 9.47 Å². The molecule has 1 N–H and O–H groups in total. The summed E-state index contributed by atoms with van der Waals surface area (Å²) in [5.41, 5.74) is 0. The zero-order valence-corrected chi connectivity index (χ0v) is 9.62. The van der Waals surface area contributed by atoms with Gasteiger partial charge in [-0.05, 0) is 12.8 Å². The SMILES string of the molecule is CCCC(CCC)C(=O)OC1NCCO1. The minimum atomic E-state index is -0.520. The van der Waals surface area contributed by atoms with Crippen LogP contribution in [0.25, 0.3) is 0 Å². The van der Waals surface area contributed by atoms with Crippen molar-refractivity contribution in [2.24, 2.45) is 5.92 Å². The second-order valence-corrected chi connectivity index (χ2v) is 3.87. The lowest BCUT2D eigenvalue weighted by Crippen LogP contribution is -2.31. The van der Waals surface area contributed by atoms with Crippen LogP contribution >= 0.6 is 0 Å². The van der Waals surface area contributed by atoms with Crippen molar-refractivity contribution < 1.29 is 14.3 Å².